The van der Waals surface area contributed by atoms with Crippen LogP contribution in [0.15, 0.2) is 41.6 Å². The second kappa shape index (κ2) is 7.48. The molecular formula is C19H18N6OS2. The van der Waals surface area contributed by atoms with E-state index in [1.807, 2.05) is 16.8 Å². The van der Waals surface area contributed by atoms with Gasteiger partial charge in [-0.15, -0.1) is 5.10 Å². The Labute approximate surface area is 169 Å². The number of amides is 1. The summed E-state index contributed by atoms with van der Waals surface area (Å²) in [5, 5.41) is 18.5. The minimum atomic E-state index is -0.102. The minimum Gasteiger partial charge on any atom is -0.301 e. The summed E-state index contributed by atoms with van der Waals surface area (Å²) in [7, 11) is 0. The van der Waals surface area contributed by atoms with Gasteiger partial charge in [0.2, 0.25) is 11.1 Å². The van der Waals surface area contributed by atoms with E-state index in [1.54, 1.807) is 0 Å². The fourth-order valence-electron chi connectivity index (χ4n) is 3.66. The Hall–Kier alpha value is -2.52. The van der Waals surface area contributed by atoms with Gasteiger partial charge in [0.15, 0.2) is 5.13 Å². The average Bonchev–Trinajstić information content (AvgIpc) is 3.45. The van der Waals surface area contributed by atoms with Crippen LogP contribution in [0.25, 0.3) is 21.0 Å². The molecule has 0 saturated heterocycles. The van der Waals surface area contributed by atoms with Gasteiger partial charge in [0.25, 0.3) is 0 Å². The Kier molecular flexibility index (Phi) is 4.69. The van der Waals surface area contributed by atoms with Crippen molar-refractivity contribution < 1.29 is 4.79 Å². The molecule has 0 spiro atoms. The summed E-state index contributed by atoms with van der Waals surface area (Å²) in [5.41, 5.74) is 0.927. The number of nitrogens with one attached hydrogen (secondary N) is 1. The molecule has 0 radical (unpaired) electrons. The van der Waals surface area contributed by atoms with E-state index in [4.69, 9.17) is 0 Å². The van der Waals surface area contributed by atoms with Crippen LogP contribution in [0.2, 0.25) is 0 Å². The van der Waals surface area contributed by atoms with Crippen LogP contribution in [0.3, 0.4) is 0 Å². The topological polar surface area (TPSA) is 85.6 Å². The van der Waals surface area contributed by atoms with Crippen LogP contribution in [0.5, 0.6) is 0 Å². The number of anilines is 1. The summed E-state index contributed by atoms with van der Waals surface area (Å²) in [5.74, 6) is 0.151. The van der Waals surface area contributed by atoms with Crippen LogP contribution in [0, 0.1) is 0 Å². The molecule has 2 heterocycles. The molecule has 9 heteroatoms. The molecule has 7 nitrogen and oxygen atoms in total. The van der Waals surface area contributed by atoms with E-state index in [0.29, 0.717) is 16.3 Å². The Morgan fingerprint density at radius 2 is 2.07 bits per heavy atom. The minimum absolute atomic E-state index is 0.102. The van der Waals surface area contributed by atoms with Gasteiger partial charge in [0.05, 0.1) is 22.0 Å². The third-order valence-corrected chi connectivity index (χ3v) is 6.86. The first-order chi connectivity index (χ1) is 13.8. The largest absolute Gasteiger partial charge is 0.301 e. The monoisotopic (exact) mass is 410 g/mol. The summed E-state index contributed by atoms with van der Waals surface area (Å²) >= 11 is 2.86. The van der Waals surface area contributed by atoms with E-state index in [-0.39, 0.29) is 11.7 Å². The fourth-order valence-corrected chi connectivity index (χ4v) is 5.30. The maximum absolute atomic E-state index is 12.4. The summed E-state index contributed by atoms with van der Waals surface area (Å²) in [4.78, 5) is 17.1. The van der Waals surface area contributed by atoms with Crippen molar-refractivity contribution in [1.82, 2.24) is 25.2 Å². The highest BCUT2D eigenvalue weighted by atomic mass is 32.2. The lowest BCUT2D eigenvalue weighted by Gasteiger charge is -2.10. The highest BCUT2D eigenvalue weighted by Gasteiger charge is 2.22. The van der Waals surface area contributed by atoms with E-state index in [2.05, 4.69) is 50.1 Å². The van der Waals surface area contributed by atoms with Crippen LogP contribution >= 0.6 is 23.1 Å². The van der Waals surface area contributed by atoms with Crippen molar-refractivity contribution in [2.75, 3.05) is 11.1 Å². The molecule has 0 aliphatic heterocycles. The number of thiazole rings is 1. The van der Waals surface area contributed by atoms with Crippen molar-refractivity contribution in [3.63, 3.8) is 0 Å². The van der Waals surface area contributed by atoms with E-state index in [9.17, 15) is 4.79 Å². The molecule has 4 aromatic rings. The number of aromatic nitrogens is 5. The molecule has 0 unspecified atom stereocenters. The van der Waals surface area contributed by atoms with Crippen molar-refractivity contribution in [3.05, 3.63) is 36.4 Å². The van der Waals surface area contributed by atoms with Crippen molar-refractivity contribution >= 4 is 55.1 Å². The van der Waals surface area contributed by atoms with Crippen LogP contribution in [0.1, 0.15) is 31.7 Å². The van der Waals surface area contributed by atoms with Gasteiger partial charge in [-0.2, -0.15) is 0 Å². The SMILES string of the molecule is O=C(CSc1nnnn1C1CCCC1)Nc1nc2c(ccc3ccccc32)s1. The first-order valence-electron chi connectivity index (χ1n) is 9.27. The summed E-state index contributed by atoms with van der Waals surface area (Å²) in [6.45, 7) is 0. The Bertz CT molecular complexity index is 1150. The Morgan fingerprint density at radius 1 is 1.21 bits per heavy atom. The number of fused-ring (bicyclic) bond motifs is 3. The van der Waals surface area contributed by atoms with Crippen molar-refractivity contribution in [3.8, 4) is 0 Å². The zero-order chi connectivity index (χ0) is 18.9. The smallest absolute Gasteiger partial charge is 0.236 e. The van der Waals surface area contributed by atoms with Crippen LogP contribution in [-0.4, -0.2) is 36.9 Å². The van der Waals surface area contributed by atoms with E-state index < -0.39 is 0 Å². The van der Waals surface area contributed by atoms with Gasteiger partial charge in [-0.3, -0.25) is 4.79 Å². The number of carbonyl (C=O) groups is 1. The lowest BCUT2D eigenvalue weighted by Crippen LogP contribution is -2.15. The molecule has 1 fully saturated rings. The normalized spacial score (nSPS) is 14.9. The number of nitrogens with zero attached hydrogens (tertiary/aromatic N) is 5. The molecule has 5 rings (SSSR count). The lowest BCUT2D eigenvalue weighted by atomic mass is 10.1. The standard InChI is InChI=1S/C19H18N6OS2/c26-16(11-27-19-22-23-24-25(19)13-6-2-3-7-13)20-18-21-17-14-8-4-1-5-12(14)9-10-15(17)28-18/h1,4-5,8-10,13H,2-3,6-7,11H2,(H,20,21,26). The van der Waals surface area contributed by atoms with E-state index in [1.165, 1.54) is 35.9 Å². The maximum Gasteiger partial charge on any atom is 0.236 e. The fraction of sp³-hybridized carbons (Fsp3) is 0.316. The predicted molar refractivity (Wildman–Crippen MR) is 112 cm³/mol. The van der Waals surface area contributed by atoms with Gasteiger partial charge in [0.1, 0.15) is 0 Å². The zero-order valence-corrected chi connectivity index (χ0v) is 16.7. The van der Waals surface area contributed by atoms with Crippen LogP contribution in [-0.2, 0) is 4.79 Å². The molecule has 1 aliphatic carbocycles. The lowest BCUT2D eigenvalue weighted by molar-refractivity contribution is -0.113. The molecule has 2 aromatic carbocycles. The number of thioether (sulfide) groups is 1. The summed E-state index contributed by atoms with van der Waals surface area (Å²) in [6.07, 6.45) is 4.62. The summed E-state index contributed by atoms with van der Waals surface area (Å²) < 4.78 is 2.93. The molecular weight excluding hydrogens is 392 g/mol. The van der Waals surface area contributed by atoms with Gasteiger partial charge in [0, 0.05) is 5.39 Å². The third-order valence-electron chi connectivity index (χ3n) is 5.00. The highest BCUT2D eigenvalue weighted by molar-refractivity contribution is 7.99. The molecule has 0 atom stereocenters. The second-order valence-electron chi connectivity index (χ2n) is 6.83. The maximum atomic E-state index is 12.4. The molecule has 1 N–H and O–H groups in total. The Morgan fingerprint density at radius 3 is 2.96 bits per heavy atom. The average molecular weight is 411 g/mol. The highest BCUT2D eigenvalue weighted by Crippen LogP contribution is 2.33. The van der Waals surface area contributed by atoms with Crippen LogP contribution < -0.4 is 5.32 Å². The molecule has 1 saturated carbocycles. The number of benzene rings is 2. The molecule has 28 heavy (non-hydrogen) atoms. The molecule has 1 aliphatic rings. The number of carbonyl (C=O) groups excluding carboxylic acids is 1. The third kappa shape index (κ3) is 3.35. The summed E-state index contributed by atoms with van der Waals surface area (Å²) in [6, 6.07) is 12.6. The van der Waals surface area contributed by atoms with E-state index >= 15 is 0 Å². The quantitative estimate of drug-likeness (QED) is 0.494. The van der Waals surface area contributed by atoms with Crippen molar-refractivity contribution in [2.24, 2.45) is 0 Å². The van der Waals surface area contributed by atoms with Gasteiger partial charge in [-0.25, -0.2) is 9.67 Å². The predicted octanol–water partition coefficient (Wildman–Crippen LogP) is 4.28. The van der Waals surface area contributed by atoms with Gasteiger partial charge in [-0.05, 0) is 34.7 Å². The van der Waals surface area contributed by atoms with E-state index in [0.717, 1.165) is 33.8 Å². The second-order valence-corrected chi connectivity index (χ2v) is 8.81. The molecule has 2 aromatic heterocycles. The molecule has 142 valence electrons. The van der Waals surface area contributed by atoms with Gasteiger partial charge < -0.3 is 5.32 Å². The van der Waals surface area contributed by atoms with Gasteiger partial charge in [-0.1, -0.05) is 66.3 Å². The van der Waals surface area contributed by atoms with Crippen molar-refractivity contribution in [1.29, 1.82) is 0 Å². The number of rotatable bonds is 5. The first kappa shape index (κ1) is 17.6. The van der Waals surface area contributed by atoms with Gasteiger partial charge >= 0.3 is 0 Å². The number of tetrazole rings is 1. The Balaban J connectivity index is 1.28. The zero-order valence-electron chi connectivity index (χ0n) is 15.0. The van der Waals surface area contributed by atoms with Crippen LogP contribution in [0.4, 0.5) is 5.13 Å². The first-order valence-corrected chi connectivity index (χ1v) is 11.1. The molecule has 0 bridgehead atoms. The van der Waals surface area contributed by atoms with Crippen molar-refractivity contribution in [2.45, 2.75) is 36.9 Å². The molecule has 1 amide bonds. The number of hydrogen-bond acceptors (Lipinski definition) is 7. The number of hydrogen-bond donors (Lipinski definition) is 1.